The van der Waals surface area contributed by atoms with E-state index >= 15 is 0 Å². The number of nitrogens with one attached hydrogen (secondary N) is 2. The molecule has 1 aromatic heterocycles. The highest BCUT2D eigenvalue weighted by Crippen LogP contribution is 2.26. The lowest BCUT2D eigenvalue weighted by Crippen LogP contribution is -2.03. The maximum absolute atomic E-state index is 13.5. The molecule has 0 bridgehead atoms. The predicted molar refractivity (Wildman–Crippen MR) is 70.0 cm³/mol. The third kappa shape index (κ3) is 3.02. The molecule has 0 fully saturated rings. The number of rotatable bonds is 4. The molecule has 0 unspecified atom stereocenters. The van der Waals surface area contributed by atoms with E-state index in [0.717, 1.165) is 18.2 Å². The third-order valence-electron chi connectivity index (χ3n) is 2.57. The smallest absolute Gasteiger partial charge is 0.276 e. The Hall–Kier alpha value is -2.84. The summed E-state index contributed by atoms with van der Waals surface area (Å²) >= 11 is 0. The van der Waals surface area contributed by atoms with E-state index < -0.39 is 22.4 Å². The molecule has 0 atom stereocenters. The minimum Gasteiger partial charge on any atom is -0.373 e. The van der Waals surface area contributed by atoms with Crippen LogP contribution in [0.3, 0.4) is 0 Å². The first-order chi connectivity index (χ1) is 9.92. The number of nitrogens with zero attached hydrogens (tertiary/aromatic N) is 2. The highest BCUT2D eigenvalue weighted by molar-refractivity contribution is 5.62. The molecule has 110 valence electrons. The molecular weight excluding hydrogens is 289 g/mol. The van der Waals surface area contributed by atoms with Gasteiger partial charge in [0.2, 0.25) is 0 Å². The Balaban J connectivity index is 2.42. The molecule has 0 saturated carbocycles. The quantitative estimate of drug-likeness (QED) is 0.515. The molecule has 0 radical (unpaired) electrons. The van der Waals surface area contributed by atoms with Crippen LogP contribution < -0.4 is 10.6 Å². The van der Waals surface area contributed by atoms with Crippen LogP contribution in [0.15, 0.2) is 24.3 Å². The monoisotopic (exact) mass is 298 g/mol. The number of hydrogen-bond donors (Lipinski definition) is 2. The van der Waals surface area contributed by atoms with Crippen molar-refractivity contribution in [2.45, 2.75) is 0 Å². The van der Waals surface area contributed by atoms with Crippen molar-refractivity contribution in [2.24, 2.45) is 0 Å². The molecule has 2 aromatic rings. The van der Waals surface area contributed by atoms with Gasteiger partial charge in [0.25, 0.3) is 5.69 Å². The number of pyridine rings is 1. The molecule has 0 spiro atoms. The summed E-state index contributed by atoms with van der Waals surface area (Å²) in [6.07, 6.45) is 0. The molecule has 0 amide bonds. The van der Waals surface area contributed by atoms with Gasteiger partial charge in [-0.2, -0.15) is 0 Å². The second kappa shape index (κ2) is 5.65. The van der Waals surface area contributed by atoms with E-state index in [1.54, 1.807) is 0 Å². The molecule has 1 heterocycles. The van der Waals surface area contributed by atoms with Crippen LogP contribution in [-0.2, 0) is 0 Å². The molecule has 0 saturated heterocycles. The summed E-state index contributed by atoms with van der Waals surface area (Å²) in [5.41, 5.74) is -0.677. The summed E-state index contributed by atoms with van der Waals surface area (Å²) in [5.74, 6) is -4.33. The van der Waals surface area contributed by atoms with Crippen LogP contribution in [0.1, 0.15) is 0 Å². The number of hydrogen-bond acceptors (Lipinski definition) is 5. The van der Waals surface area contributed by atoms with Gasteiger partial charge in [0.1, 0.15) is 11.6 Å². The van der Waals surface area contributed by atoms with Crippen LogP contribution in [0.2, 0.25) is 0 Å². The van der Waals surface area contributed by atoms with Crippen LogP contribution in [0, 0.1) is 27.6 Å². The standard InChI is InChI=1S/C12H9F3N4O2/c1-16-9-4-6(19(20)21)5-10(18-9)17-8-3-2-7(13)11(14)12(8)15/h2-5H,1H3,(H2,16,17,18). The normalized spacial score (nSPS) is 10.3. The maximum atomic E-state index is 13.5. The number of nitro groups is 1. The zero-order chi connectivity index (χ0) is 15.6. The Labute approximate surface area is 116 Å². The van der Waals surface area contributed by atoms with E-state index in [0.29, 0.717) is 0 Å². The maximum Gasteiger partial charge on any atom is 0.276 e. The average Bonchev–Trinajstić information content (AvgIpc) is 2.47. The molecule has 2 rings (SSSR count). The molecule has 2 N–H and O–H groups in total. The lowest BCUT2D eigenvalue weighted by atomic mass is 10.2. The number of aromatic nitrogens is 1. The second-order valence-corrected chi connectivity index (χ2v) is 3.95. The Bertz CT molecular complexity index is 709. The zero-order valence-corrected chi connectivity index (χ0v) is 10.7. The van der Waals surface area contributed by atoms with E-state index in [2.05, 4.69) is 15.6 Å². The first-order valence-corrected chi connectivity index (χ1v) is 5.67. The van der Waals surface area contributed by atoms with Crippen LogP contribution in [-0.4, -0.2) is 17.0 Å². The van der Waals surface area contributed by atoms with Gasteiger partial charge >= 0.3 is 0 Å². The topological polar surface area (TPSA) is 80.1 Å². The molecule has 1 aromatic carbocycles. The summed E-state index contributed by atoms with van der Waals surface area (Å²) in [6.45, 7) is 0. The number of anilines is 3. The van der Waals surface area contributed by atoms with Crippen molar-refractivity contribution in [3.05, 3.63) is 51.8 Å². The molecule has 0 aliphatic carbocycles. The Morgan fingerprint density at radius 1 is 1.14 bits per heavy atom. The molecule has 21 heavy (non-hydrogen) atoms. The van der Waals surface area contributed by atoms with Gasteiger partial charge in [-0.25, -0.2) is 18.2 Å². The van der Waals surface area contributed by atoms with E-state index in [9.17, 15) is 23.3 Å². The Morgan fingerprint density at radius 3 is 2.43 bits per heavy atom. The lowest BCUT2D eigenvalue weighted by molar-refractivity contribution is -0.384. The molecular formula is C12H9F3N4O2. The lowest BCUT2D eigenvalue weighted by Gasteiger charge is -2.09. The van der Waals surface area contributed by atoms with Gasteiger partial charge < -0.3 is 10.6 Å². The van der Waals surface area contributed by atoms with Gasteiger partial charge in [-0.1, -0.05) is 0 Å². The fourth-order valence-corrected chi connectivity index (χ4v) is 1.57. The minimum atomic E-state index is -1.64. The van der Waals surface area contributed by atoms with Gasteiger partial charge in [-0.15, -0.1) is 0 Å². The summed E-state index contributed by atoms with van der Waals surface area (Å²) in [5, 5.41) is 15.8. The van der Waals surface area contributed by atoms with Crippen molar-refractivity contribution in [2.75, 3.05) is 17.7 Å². The van der Waals surface area contributed by atoms with E-state index in [1.807, 2.05) is 0 Å². The third-order valence-corrected chi connectivity index (χ3v) is 2.57. The fraction of sp³-hybridized carbons (Fsp3) is 0.0833. The van der Waals surface area contributed by atoms with Gasteiger partial charge in [-0.3, -0.25) is 10.1 Å². The summed E-state index contributed by atoms with van der Waals surface area (Å²) in [6, 6.07) is 3.92. The van der Waals surface area contributed by atoms with Crippen molar-refractivity contribution in [3.8, 4) is 0 Å². The van der Waals surface area contributed by atoms with Crippen LogP contribution in [0.5, 0.6) is 0 Å². The van der Waals surface area contributed by atoms with Crippen molar-refractivity contribution in [1.29, 1.82) is 0 Å². The van der Waals surface area contributed by atoms with Crippen LogP contribution in [0.25, 0.3) is 0 Å². The highest BCUT2D eigenvalue weighted by Gasteiger charge is 2.16. The fourth-order valence-electron chi connectivity index (χ4n) is 1.57. The summed E-state index contributed by atoms with van der Waals surface area (Å²) < 4.78 is 39.5. The molecule has 6 nitrogen and oxygen atoms in total. The van der Waals surface area contributed by atoms with Gasteiger partial charge in [0.15, 0.2) is 17.5 Å². The predicted octanol–water partition coefficient (Wildman–Crippen LogP) is 3.19. The van der Waals surface area contributed by atoms with Gasteiger partial charge in [0.05, 0.1) is 22.7 Å². The van der Waals surface area contributed by atoms with Crippen molar-refractivity contribution in [3.63, 3.8) is 0 Å². The van der Waals surface area contributed by atoms with Crippen molar-refractivity contribution < 1.29 is 18.1 Å². The minimum absolute atomic E-state index is 0.0848. The average molecular weight is 298 g/mol. The molecule has 9 heteroatoms. The SMILES string of the molecule is CNc1cc([N+](=O)[O-])cc(Nc2ccc(F)c(F)c2F)n1. The highest BCUT2D eigenvalue weighted by atomic mass is 19.2. The van der Waals surface area contributed by atoms with Gasteiger partial charge in [-0.05, 0) is 12.1 Å². The molecule has 0 aliphatic rings. The van der Waals surface area contributed by atoms with Gasteiger partial charge in [0, 0.05) is 7.05 Å². The van der Waals surface area contributed by atoms with E-state index in [-0.39, 0.29) is 23.0 Å². The van der Waals surface area contributed by atoms with Crippen LogP contribution >= 0.6 is 0 Å². The zero-order valence-electron chi connectivity index (χ0n) is 10.7. The van der Waals surface area contributed by atoms with Crippen molar-refractivity contribution >= 4 is 23.0 Å². The Kier molecular flexibility index (Phi) is 3.92. The first kappa shape index (κ1) is 14.6. The van der Waals surface area contributed by atoms with E-state index in [4.69, 9.17) is 0 Å². The summed E-state index contributed by atoms with van der Waals surface area (Å²) in [7, 11) is 1.49. The second-order valence-electron chi connectivity index (χ2n) is 3.95. The molecule has 0 aliphatic heterocycles. The van der Waals surface area contributed by atoms with Crippen molar-refractivity contribution in [1.82, 2.24) is 4.98 Å². The Morgan fingerprint density at radius 2 is 1.81 bits per heavy atom. The number of halogens is 3. The summed E-state index contributed by atoms with van der Waals surface area (Å²) in [4.78, 5) is 14.0. The largest absolute Gasteiger partial charge is 0.373 e. The van der Waals surface area contributed by atoms with Crippen LogP contribution in [0.4, 0.5) is 36.2 Å². The number of benzene rings is 1. The van der Waals surface area contributed by atoms with E-state index in [1.165, 1.54) is 13.1 Å². The first-order valence-electron chi connectivity index (χ1n) is 5.67.